The Balaban J connectivity index is 2.65. The molecule has 0 amide bonds. The molecule has 2 aliphatic carbocycles. The molecule has 19 heavy (non-hydrogen) atoms. The number of rotatable bonds is 2. The van der Waals surface area contributed by atoms with E-state index >= 15 is 0 Å². The Kier molecular flexibility index (Phi) is 3.37. The maximum Gasteiger partial charge on any atom is 0.307 e. The third kappa shape index (κ3) is 1.77. The highest BCUT2D eigenvalue weighted by molar-refractivity contribution is 6.04. The molecule has 2 rings (SSSR count). The summed E-state index contributed by atoms with van der Waals surface area (Å²) in [5, 5.41) is 9.44. The number of carbonyl (C=O) groups is 3. The van der Waals surface area contributed by atoms with Crippen LogP contribution in [0.15, 0.2) is 11.1 Å². The highest BCUT2D eigenvalue weighted by atomic mass is 16.4. The smallest absolute Gasteiger partial charge is 0.307 e. The van der Waals surface area contributed by atoms with Crippen LogP contribution >= 0.6 is 0 Å². The average Bonchev–Trinajstić information content (AvgIpc) is 2.66. The van der Waals surface area contributed by atoms with Crippen LogP contribution in [0.1, 0.15) is 46.5 Å². The summed E-state index contributed by atoms with van der Waals surface area (Å²) in [5.74, 6) is -1.77. The van der Waals surface area contributed by atoms with E-state index in [-0.39, 0.29) is 17.5 Å². The Morgan fingerprint density at radius 3 is 2.58 bits per heavy atom. The van der Waals surface area contributed by atoms with Gasteiger partial charge in [-0.15, -0.1) is 0 Å². The number of ketones is 2. The van der Waals surface area contributed by atoms with Gasteiger partial charge >= 0.3 is 5.97 Å². The topological polar surface area (TPSA) is 71.4 Å². The van der Waals surface area contributed by atoms with E-state index in [1.807, 2.05) is 6.92 Å². The number of carbonyl (C=O) groups excluding carboxylic acids is 2. The van der Waals surface area contributed by atoms with Gasteiger partial charge in [-0.25, -0.2) is 0 Å². The van der Waals surface area contributed by atoms with Crippen molar-refractivity contribution in [3.8, 4) is 0 Å². The molecule has 104 valence electrons. The maximum absolute atomic E-state index is 12.4. The molecule has 0 aliphatic heterocycles. The first-order chi connectivity index (χ1) is 8.86. The quantitative estimate of drug-likeness (QED) is 0.831. The zero-order chi connectivity index (χ0) is 14.4. The first-order valence-corrected chi connectivity index (χ1v) is 6.86. The van der Waals surface area contributed by atoms with Crippen LogP contribution in [0.2, 0.25) is 0 Å². The zero-order valence-corrected chi connectivity index (χ0v) is 11.7. The summed E-state index contributed by atoms with van der Waals surface area (Å²) in [6, 6.07) is 0. The highest BCUT2D eigenvalue weighted by Crippen LogP contribution is 2.54. The predicted octanol–water partition coefficient (Wildman–Crippen LogP) is 2.37. The lowest BCUT2D eigenvalue weighted by Crippen LogP contribution is -2.45. The third-order valence-electron chi connectivity index (χ3n) is 4.84. The van der Waals surface area contributed by atoms with Gasteiger partial charge in [0.1, 0.15) is 5.78 Å². The average molecular weight is 264 g/mol. The molecule has 2 aliphatic rings. The number of hydrogen-bond donors (Lipinski definition) is 1. The van der Waals surface area contributed by atoms with Gasteiger partial charge in [-0.1, -0.05) is 13.8 Å². The fourth-order valence-corrected chi connectivity index (χ4v) is 4.04. The number of carboxylic acids is 1. The normalized spacial score (nSPS) is 35.3. The molecule has 1 spiro atoms. The third-order valence-corrected chi connectivity index (χ3v) is 4.84. The first-order valence-electron chi connectivity index (χ1n) is 6.86. The molecular weight excluding hydrogens is 244 g/mol. The van der Waals surface area contributed by atoms with E-state index in [2.05, 4.69) is 0 Å². The fourth-order valence-electron chi connectivity index (χ4n) is 4.04. The lowest BCUT2D eigenvalue weighted by atomic mass is 9.60. The number of allylic oxidation sites excluding steroid dienone is 2. The SMILES string of the molecule is CCC1=C(C)C(=O)C(C)CC12C(=O)CCC2C(=O)O. The molecule has 4 nitrogen and oxygen atoms in total. The first kappa shape index (κ1) is 14.0. The minimum atomic E-state index is -0.919. The Bertz CT molecular complexity index is 488. The molecule has 1 N–H and O–H groups in total. The Hall–Kier alpha value is -1.45. The van der Waals surface area contributed by atoms with E-state index in [0.29, 0.717) is 31.3 Å². The molecular formula is C15H20O4. The molecule has 1 saturated carbocycles. The van der Waals surface area contributed by atoms with Crippen molar-refractivity contribution in [2.24, 2.45) is 17.3 Å². The minimum Gasteiger partial charge on any atom is -0.481 e. The number of hydrogen-bond acceptors (Lipinski definition) is 3. The summed E-state index contributed by atoms with van der Waals surface area (Å²) in [6.07, 6.45) is 1.64. The summed E-state index contributed by atoms with van der Waals surface area (Å²) in [5.41, 5.74) is 0.464. The molecule has 0 saturated heterocycles. The van der Waals surface area contributed by atoms with Gasteiger partial charge < -0.3 is 5.11 Å². The summed E-state index contributed by atoms with van der Waals surface area (Å²) >= 11 is 0. The second kappa shape index (κ2) is 4.58. The summed E-state index contributed by atoms with van der Waals surface area (Å²) in [7, 11) is 0. The monoisotopic (exact) mass is 264 g/mol. The van der Waals surface area contributed by atoms with Gasteiger partial charge in [-0.3, -0.25) is 14.4 Å². The molecule has 4 heteroatoms. The summed E-state index contributed by atoms with van der Waals surface area (Å²) < 4.78 is 0. The van der Waals surface area contributed by atoms with Crippen molar-refractivity contribution in [3.63, 3.8) is 0 Å². The van der Waals surface area contributed by atoms with Gasteiger partial charge in [0.05, 0.1) is 11.3 Å². The van der Waals surface area contributed by atoms with Crippen molar-refractivity contribution < 1.29 is 19.5 Å². The van der Waals surface area contributed by atoms with Gasteiger partial charge in [-0.2, -0.15) is 0 Å². The Labute approximate surface area is 112 Å². The molecule has 0 aromatic heterocycles. The highest BCUT2D eigenvalue weighted by Gasteiger charge is 2.58. The Morgan fingerprint density at radius 1 is 1.42 bits per heavy atom. The number of Topliss-reactive ketones (excluding diaryl/α,β-unsaturated/α-hetero) is 2. The van der Waals surface area contributed by atoms with Crippen LogP contribution in [-0.2, 0) is 14.4 Å². The molecule has 0 aromatic rings. The van der Waals surface area contributed by atoms with Crippen molar-refractivity contribution in [1.29, 1.82) is 0 Å². The maximum atomic E-state index is 12.4. The fraction of sp³-hybridized carbons (Fsp3) is 0.667. The van der Waals surface area contributed by atoms with E-state index in [9.17, 15) is 19.5 Å². The molecule has 0 radical (unpaired) electrons. The van der Waals surface area contributed by atoms with Crippen LogP contribution in [0.3, 0.4) is 0 Å². The number of carboxylic acid groups (broad SMARTS) is 1. The van der Waals surface area contributed by atoms with Gasteiger partial charge in [0, 0.05) is 12.3 Å². The number of aliphatic carboxylic acids is 1. The molecule has 0 bridgehead atoms. The van der Waals surface area contributed by atoms with Crippen LogP contribution in [-0.4, -0.2) is 22.6 Å². The molecule has 3 unspecified atom stereocenters. The van der Waals surface area contributed by atoms with Gasteiger partial charge in [0.2, 0.25) is 0 Å². The molecule has 0 heterocycles. The minimum absolute atomic E-state index is 0.00968. The zero-order valence-electron chi connectivity index (χ0n) is 11.7. The predicted molar refractivity (Wildman–Crippen MR) is 69.6 cm³/mol. The van der Waals surface area contributed by atoms with E-state index in [0.717, 1.165) is 5.57 Å². The second-order valence-electron chi connectivity index (χ2n) is 5.75. The second-order valence-corrected chi connectivity index (χ2v) is 5.75. The molecule has 1 fully saturated rings. The lowest BCUT2D eigenvalue weighted by Gasteiger charge is -2.41. The largest absolute Gasteiger partial charge is 0.481 e. The van der Waals surface area contributed by atoms with Gasteiger partial charge in [0.15, 0.2) is 5.78 Å². The summed E-state index contributed by atoms with van der Waals surface area (Å²) in [4.78, 5) is 36.0. The van der Waals surface area contributed by atoms with Crippen molar-refractivity contribution >= 4 is 17.5 Å². The standard InChI is InChI=1S/C15H20O4/c1-4-10-9(3)13(17)8(2)7-15(10)11(14(18)19)5-6-12(15)16/h8,11H,4-7H2,1-3H3,(H,18,19). The van der Waals surface area contributed by atoms with Crippen LogP contribution in [0.4, 0.5) is 0 Å². The molecule has 0 aromatic carbocycles. The van der Waals surface area contributed by atoms with E-state index in [4.69, 9.17) is 0 Å². The van der Waals surface area contributed by atoms with Crippen molar-refractivity contribution in [2.75, 3.05) is 0 Å². The van der Waals surface area contributed by atoms with Crippen LogP contribution in [0.5, 0.6) is 0 Å². The lowest BCUT2D eigenvalue weighted by molar-refractivity contribution is -0.148. The van der Waals surface area contributed by atoms with E-state index < -0.39 is 17.3 Å². The van der Waals surface area contributed by atoms with Crippen LogP contribution in [0.25, 0.3) is 0 Å². The van der Waals surface area contributed by atoms with E-state index in [1.165, 1.54) is 0 Å². The van der Waals surface area contributed by atoms with Gasteiger partial charge in [-0.05, 0) is 37.3 Å². The van der Waals surface area contributed by atoms with Crippen molar-refractivity contribution in [3.05, 3.63) is 11.1 Å². The van der Waals surface area contributed by atoms with Crippen LogP contribution in [0, 0.1) is 17.3 Å². The van der Waals surface area contributed by atoms with Crippen molar-refractivity contribution in [2.45, 2.75) is 46.5 Å². The van der Waals surface area contributed by atoms with E-state index in [1.54, 1.807) is 13.8 Å². The summed E-state index contributed by atoms with van der Waals surface area (Å²) in [6.45, 7) is 5.43. The van der Waals surface area contributed by atoms with Crippen molar-refractivity contribution in [1.82, 2.24) is 0 Å². The van der Waals surface area contributed by atoms with Crippen LogP contribution < -0.4 is 0 Å². The molecule has 3 atom stereocenters. The Morgan fingerprint density at radius 2 is 2.05 bits per heavy atom. The van der Waals surface area contributed by atoms with Gasteiger partial charge in [0.25, 0.3) is 0 Å².